The van der Waals surface area contributed by atoms with Crippen LogP contribution in [0.2, 0.25) is 0 Å². The Hall–Kier alpha value is -5.37. The van der Waals surface area contributed by atoms with Gasteiger partial charge in [-0.25, -0.2) is 4.85 Å². The minimum Gasteiger partial charge on any atom is -0.456 e. The zero-order valence-electron chi connectivity index (χ0n) is 21.8. The molecule has 0 saturated heterocycles. The van der Waals surface area contributed by atoms with Gasteiger partial charge < -0.3 is 8.98 Å². The summed E-state index contributed by atoms with van der Waals surface area (Å²) in [6.07, 6.45) is 0. The lowest BCUT2D eigenvalue weighted by molar-refractivity contribution is 0.669. The molecule has 0 unspecified atom stereocenters. The Morgan fingerprint density at radius 2 is 1.27 bits per heavy atom. The van der Waals surface area contributed by atoms with Crippen LogP contribution in [0.3, 0.4) is 0 Å². The maximum absolute atomic E-state index is 7.96. The van der Waals surface area contributed by atoms with E-state index in [0.717, 1.165) is 54.2 Å². The minimum absolute atomic E-state index is 0.683. The fourth-order valence-corrected chi connectivity index (χ4v) is 7.74. The van der Waals surface area contributed by atoms with E-state index in [1.54, 1.807) is 11.3 Å². The van der Waals surface area contributed by atoms with Crippen molar-refractivity contribution in [3.8, 4) is 16.8 Å². The molecule has 0 radical (unpaired) electrons. The minimum atomic E-state index is 0.683. The molecule has 0 aliphatic rings. The van der Waals surface area contributed by atoms with Gasteiger partial charge in [0.05, 0.1) is 28.0 Å². The monoisotopic (exact) mass is 540 g/mol. The smallest absolute Gasteiger partial charge is 0.204 e. The third kappa shape index (κ3) is 3.07. The third-order valence-electron chi connectivity index (χ3n) is 8.24. The van der Waals surface area contributed by atoms with Gasteiger partial charge in [-0.3, -0.25) is 0 Å². The van der Waals surface area contributed by atoms with E-state index in [2.05, 4.69) is 106 Å². The largest absolute Gasteiger partial charge is 0.456 e. The highest BCUT2D eigenvalue weighted by Crippen LogP contribution is 2.48. The van der Waals surface area contributed by atoms with E-state index in [9.17, 15) is 0 Å². The van der Waals surface area contributed by atoms with Gasteiger partial charge in [0.1, 0.15) is 11.2 Å². The van der Waals surface area contributed by atoms with Gasteiger partial charge >= 0.3 is 0 Å². The molecule has 3 aromatic heterocycles. The molecule has 0 atom stereocenters. The highest BCUT2D eigenvalue weighted by molar-refractivity contribution is 7.27. The van der Waals surface area contributed by atoms with Crippen LogP contribution < -0.4 is 0 Å². The molecule has 0 amide bonds. The van der Waals surface area contributed by atoms with Crippen molar-refractivity contribution >= 4 is 80.9 Å². The molecule has 4 heteroatoms. The molecule has 0 spiro atoms. The topological polar surface area (TPSA) is 22.4 Å². The highest BCUT2D eigenvalue weighted by Gasteiger charge is 2.20. The molecule has 3 nitrogen and oxygen atoms in total. The summed E-state index contributed by atoms with van der Waals surface area (Å²) < 4.78 is 10.8. The number of benzene rings is 6. The number of fused-ring (bicyclic) bond motifs is 9. The van der Waals surface area contributed by atoms with Gasteiger partial charge in [0.2, 0.25) is 5.69 Å². The molecule has 6 aromatic carbocycles. The SMILES string of the molecule is [C-]#[N+]c1ccc(-c2ccc3c(c2)oc2ccccc23)c2c1sc1c(-n3c4ccccc4c4ccccc43)cccc12. The molecule has 0 saturated carbocycles. The van der Waals surface area contributed by atoms with Gasteiger partial charge in [-0.05, 0) is 52.9 Å². The number of para-hydroxylation sites is 3. The van der Waals surface area contributed by atoms with E-state index in [-0.39, 0.29) is 0 Å². The second-order valence-electron chi connectivity index (χ2n) is 10.4. The standard InChI is InChI=1S/C37H20N2OS/c1-38-29-20-19-23(22-17-18-27-26-11-4-7-16-33(26)40-34(27)21-22)35-28-12-8-15-32(36(28)41-37(29)35)39-30-13-5-2-9-24(30)25-10-3-6-14-31(25)39/h2-21H. The molecule has 9 rings (SSSR count). The number of furan rings is 1. The van der Waals surface area contributed by atoms with Crippen LogP contribution in [0.5, 0.6) is 0 Å². The first-order valence-electron chi connectivity index (χ1n) is 13.6. The Labute approximate surface area is 238 Å². The van der Waals surface area contributed by atoms with E-state index in [4.69, 9.17) is 11.0 Å². The fraction of sp³-hybridized carbons (Fsp3) is 0. The summed E-state index contributed by atoms with van der Waals surface area (Å²) in [5, 5.41) is 7.00. The van der Waals surface area contributed by atoms with Gasteiger partial charge in [0.25, 0.3) is 0 Å². The average molecular weight is 541 g/mol. The zero-order chi connectivity index (χ0) is 27.1. The normalized spacial score (nSPS) is 11.9. The molecular weight excluding hydrogens is 520 g/mol. The van der Waals surface area contributed by atoms with Crippen molar-refractivity contribution < 1.29 is 4.42 Å². The maximum atomic E-state index is 7.96. The molecule has 0 N–H and O–H groups in total. The Bertz CT molecular complexity index is 2500. The molecule has 41 heavy (non-hydrogen) atoms. The molecule has 3 heterocycles. The first-order chi connectivity index (χ1) is 20.3. The van der Waals surface area contributed by atoms with Crippen LogP contribution in [0.25, 0.3) is 85.6 Å². The summed E-state index contributed by atoms with van der Waals surface area (Å²) >= 11 is 1.71. The predicted octanol–water partition coefficient (Wildman–Crippen LogP) is 11.3. The van der Waals surface area contributed by atoms with Gasteiger partial charge in [-0.2, -0.15) is 0 Å². The summed E-state index contributed by atoms with van der Waals surface area (Å²) in [6.45, 7) is 7.96. The Morgan fingerprint density at radius 3 is 2.05 bits per heavy atom. The van der Waals surface area contributed by atoms with Crippen molar-refractivity contribution in [2.24, 2.45) is 0 Å². The summed E-state index contributed by atoms with van der Waals surface area (Å²) in [7, 11) is 0. The van der Waals surface area contributed by atoms with Gasteiger partial charge in [-0.1, -0.05) is 84.9 Å². The van der Waals surface area contributed by atoms with Crippen LogP contribution in [0.4, 0.5) is 5.69 Å². The lowest BCUT2D eigenvalue weighted by atomic mass is 9.97. The van der Waals surface area contributed by atoms with Crippen molar-refractivity contribution in [3.63, 3.8) is 0 Å². The van der Waals surface area contributed by atoms with E-state index in [1.807, 2.05) is 24.3 Å². The van der Waals surface area contributed by atoms with Crippen LogP contribution in [0.1, 0.15) is 0 Å². The molecular formula is C37H20N2OS. The van der Waals surface area contributed by atoms with E-state index in [0.29, 0.717) is 5.69 Å². The van der Waals surface area contributed by atoms with Crippen LogP contribution in [-0.4, -0.2) is 4.57 Å². The number of aromatic nitrogens is 1. The summed E-state index contributed by atoms with van der Waals surface area (Å²) in [5.41, 5.74) is 8.14. The lowest BCUT2D eigenvalue weighted by Crippen LogP contribution is -1.93. The summed E-state index contributed by atoms with van der Waals surface area (Å²) in [5.74, 6) is 0. The Balaban J connectivity index is 1.37. The summed E-state index contributed by atoms with van der Waals surface area (Å²) in [4.78, 5) is 3.93. The van der Waals surface area contributed by atoms with Crippen molar-refractivity contribution in [3.05, 3.63) is 133 Å². The highest BCUT2D eigenvalue weighted by atomic mass is 32.1. The van der Waals surface area contributed by atoms with Gasteiger partial charge in [-0.15, -0.1) is 11.3 Å². The van der Waals surface area contributed by atoms with E-state index < -0.39 is 0 Å². The quantitative estimate of drug-likeness (QED) is 0.200. The molecule has 0 aliphatic carbocycles. The molecule has 0 bridgehead atoms. The number of thiophene rings is 1. The van der Waals surface area contributed by atoms with E-state index >= 15 is 0 Å². The maximum Gasteiger partial charge on any atom is 0.204 e. The summed E-state index contributed by atoms with van der Waals surface area (Å²) in [6, 6.07) is 42.4. The van der Waals surface area contributed by atoms with Crippen LogP contribution >= 0.6 is 11.3 Å². The van der Waals surface area contributed by atoms with Crippen molar-refractivity contribution in [1.29, 1.82) is 0 Å². The average Bonchev–Trinajstić information content (AvgIpc) is 3.70. The van der Waals surface area contributed by atoms with Crippen LogP contribution in [-0.2, 0) is 0 Å². The first kappa shape index (κ1) is 22.4. The van der Waals surface area contributed by atoms with Gasteiger partial charge in [0, 0.05) is 31.6 Å². The van der Waals surface area contributed by atoms with Crippen molar-refractivity contribution in [2.45, 2.75) is 0 Å². The molecule has 0 fully saturated rings. The number of rotatable bonds is 2. The number of hydrogen-bond donors (Lipinski definition) is 0. The third-order valence-corrected chi connectivity index (χ3v) is 9.49. The van der Waals surface area contributed by atoms with E-state index in [1.165, 1.54) is 26.5 Å². The number of hydrogen-bond acceptors (Lipinski definition) is 2. The fourth-order valence-electron chi connectivity index (χ4n) is 6.45. The zero-order valence-corrected chi connectivity index (χ0v) is 22.6. The second-order valence-corrected chi connectivity index (χ2v) is 11.4. The van der Waals surface area contributed by atoms with Crippen molar-refractivity contribution in [1.82, 2.24) is 4.57 Å². The molecule has 9 aromatic rings. The number of nitrogens with zero attached hydrogens (tertiary/aromatic N) is 2. The second kappa shape index (κ2) is 8.32. The van der Waals surface area contributed by atoms with Crippen LogP contribution in [0, 0.1) is 6.57 Å². The van der Waals surface area contributed by atoms with Crippen LogP contribution in [0.15, 0.2) is 126 Å². The molecule has 0 aliphatic heterocycles. The van der Waals surface area contributed by atoms with Gasteiger partial charge in [0.15, 0.2) is 0 Å². The van der Waals surface area contributed by atoms with Crippen molar-refractivity contribution in [2.75, 3.05) is 0 Å². The lowest BCUT2D eigenvalue weighted by Gasteiger charge is -2.10. The first-order valence-corrected chi connectivity index (χ1v) is 14.4. The predicted molar refractivity (Wildman–Crippen MR) is 173 cm³/mol. The Morgan fingerprint density at radius 1 is 0.585 bits per heavy atom. The Kier molecular flexibility index (Phi) is 4.55. The molecule has 190 valence electrons.